The van der Waals surface area contributed by atoms with Gasteiger partial charge in [-0.25, -0.2) is 0 Å². The second-order valence-corrected chi connectivity index (χ2v) is 7.06. The molecule has 1 saturated heterocycles. The third kappa shape index (κ3) is 4.16. The average Bonchev–Trinajstić information content (AvgIpc) is 2.97. The first kappa shape index (κ1) is 19.3. The fourth-order valence-electron chi connectivity index (χ4n) is 3.94. The van der Waals surface area contributed by atoms with Crippen LogP contribution in [0.5, 0.6) is 5.75 Å². The van der Waals surface area contributed by atoms with Gasteiger partial charge in [-0.05, 0) is 49.7 Å². The summed E-state index contributed by atoms with van der Waals surface area (Å²) in [6.45, 7) is 5.33. The molecule has 2 fully saturated rings. The Morgan fingerprint density at radius 2 is 2.12 bits per heavy atom. The van der Waals surface area contributed by atoms with Crippen molar-refractivity contribution in [2.45, 2.75) is 39.0 Å². The van der Waals surface area contributed by atoms with Gasteiger partial charge in [0.15, 0.2) is 5.96 Å². The highest BCUT2D eigenvalue weighted by atomic mass is 127. The van der Waals surface area contributed by atoms with Gasteiger partial charge in [0.25, 0.3) is 0 Å². The lowest BCUT2D eigenvalue weighted by Gasteiger charge is -2.38. The minimum Gasteiger partial charge on any atom is -0.496 e. The summed E-state index contributed by atoms with van der Waals surface area (Å²) < 4.78 is 5.46. The largest absolute Gasteiger partial charge is 0.496 e. The van der Waals surface area contributed by atoms with Crippen molar-refractivity contribution in [2.24, 2.45) is 10.4 Å². The number of likely N-dealkylation sites (tertiary alicyclic amines) is 1. The minimum absolute atomic E-state index is 0. The van der Waals surface area contributed by atoms with Crippen molar-refractivity contribution in [3.05, 3.63) is 29.3 Å². The number of methoxy groups -OCH3 is 1. The molecule has 0 atom stereocenters. The number of ether oxygens (including phenoxy) is 1. The second kappa shape index (κ2) is 8.41. The van der Waals surface area contributed by atoms with Gasteiger partial charge in [-0.1, -0.05) is 24.1 Å². The van der Waals surface area contributed by atoms with Crippen LogP contribution in [-0.2, 0) is 6.42 Å². The van der Waals surface area contributed by atoms with E-state index >= 15 is 0 Å². The molecule has 5 heteroatoms. The number of aryl methyl sites for hydroxylation is 1. The Hall–Kier alpha value is -0.980. The summed E-state index contributed by atoms with van der Waals surface area (Å²) in [4.78, 5) is 6.92. The molecule has 1 aromatic carbocycles. The Morgan fingerprint density at radius 3 is 2.71 bits per heavy atom. The maximum absolute atomic E-state index is 5.46. The number of hydrogen-bond acceptors (Lipinski definition) is 2. The Morgan fingerprint density at radius 1 is 1.33 bits per heavy atom. The molecule has 1 N–H and O–H groups in total. The molecule has 0 unspecified atom stereocenters. The lowest BCUT2D eigenvalue weighted by atomic mass is 9.68. The van der Waals surface area contributed by atoms with Crippen LogP contribution >= 0.6 is 24.0 Å². The summed E-state index contributed by atoms with van der Waals surface area (Å²) in [6, 6.07) is 6.36. The number of rotatable bonds is 4. The third-order valence-corrected chi connectivity index (χ3v) is 5.48. The van der Waals surface area contributed by atoms with Crippen molar-refractivity contribution in [1.82, 2.24) is 10.2 Å². The van der Waals surface area contributed by atoms with Crippen LogP contribution in [0.25, 0.3) is 0 Å². The van der Waals surface area contributed by atoms with Gasteiger partial charge in [-0.15, -0.1) is 24.0 Å². The molecule has 24 heavy (non-hydrogen) atoms. The lowest BCUT2D eigenvalue weighted by molar-refractivity contribution is 0.151. The zero-order chi connectivity index (χ0) is 16.3. The molecular formula is C19H30IN3O. The standard InChI is InChI=1S/C19H29N3O.HI/c1-15-5-6-17(23-3)16(13-15)7-11-21-18(20-2)22-12-10-19(14-22)8-4-9-19;/h5-6,13H,4,7-12,14H2,1-3H3,(H,20,21);1H. The summed E-state index contributed by atoms with van der Waals surface area (Å²) in [6.07, 6.45) is 6.50. The molecular weight excluding hydrogens is 413 g/mol. The fraction of sp³-hybridized carbons (Fsp3) is 0.632. The van der Waals surface area contributed by atoms with E-state index in [9.17, 15) is 0 Å². The van der Waals surface area contributed by atoms with Crippen molar-refractivity contribution in [3.8, 4) is 5.75 Å². The van der Waals surface area contributed by atoms with E-state index in [0.29, 0.717) is 5.41 Å². The molecule has 1 spiro atoms. The fourth-order valence-corrected chi connectivity index (χ4v) is 3.94. The van der Waals surface area contributed by atoms with Crippen LogP contribution in [0.1, 0.15) is 36.8 Å². The van der Waals surface area contributed by atoms with Gasteiger partial charge in [-0.3, -0.25) is 4.99 Å². The van der Waals surface area contributed by atoms with Crippen molar-refractivity contribution < 1.29 is 4.74 Å². The Bertz CT molecular complexity index is 584. The molecule has 1 aromatic rings. The number of guanidine groups is 1. The van der Waals surface area contributed by atoms with E-state index in [1.54, 1.807) is 7.11 Å². The highest BCUT2D eigenvalue weighted by Gasteiger charge is 2.43. The molecule has 1 heterocycles. The van der Waals surface area contributed by atoms with Crippen molar-refractivity contribution in [2.75, 3.05) is 33.8 Å². The summed E-state index contributed by atoms with van der Waals surface area (Å²) in [5.41, 5.74) is 3.14. The normalized spacial score (nSPS) is 19.0. The number of nitrogens with one attached hydrogen (secondary N) is 1. The lowest BCUT2D eigenvalue weighted by Crippen LogP contribution is -2.43. The Balaban J connectivity index is 0.00000208. The number of aliphatic imine (C=N–C) groups is 1. The molecule has 1 aliphatic heterocycles. The van der Waals surface area contributed by atoms with E-state index in [1.807, 2.05) is 7.05 Å². The Labute approximate surface area is 163 Å². The van der Waals surface area contributed by atoms with E-state index in [0.717, 1.165) is 31.2 Å². The maximum Gasteiger partial charge on any atom is 0.193 e. The summed E-state index contributed by atoms with van der Waals surface area (Å²) >= 11 is 0. The highest BCUT2D eigenvalue weighted by molar-refractivity contribution is 14.0. The Kier molecular flexibility index (Phi) is 6.78. The van der Waals surface area contributed by atoms with Crippen LogP contribution in [0, 0.1) is 12.3 Å². The van der Waals surface area contributed by atoms with Gasteiger partial charge in [0.05, 0.1) is 7.11 Å². The maximum atomic E-state index is 5.46. The zero-order valence-electron chi connectivity index (χ0n) is 15.1. The summed E-state index contributed by atoms with van der Waals surface area (Å²) in [5, 5.41) is 3.54. The minimum atomic E-state index is 0. The van der Waals surface area contributed by atoms with Crippen LogP contribution in [0.4, 0.5) is 0 Å². The van der Waals surface area contributed by atoms with Crippen molar-refractivity contribution in [1.29, 1.82) is 0 Å². The van der Waals surface area contributed by atoms with Gasteiger partial charge in [0.2, 0.25) is 0 Å². The zero-order valence-corrected chi connectivity index (χ0v) is 17.4. The predicted molar refractivity (Wildman–Crippen MR) is 111 cm³/mol. The van der Waals surface area contributed by atoms with Crippen LogP contribution in [0.15, 0.2) is 23.2 Å². The first-order valence-electron chi connectivity index (χ1n) is 8.75. The van der Waals surface area contributed by atoms with Crippen molar-refractivity contribution >= 4 is 29.9 Å². The molecule has 134 valence electrons. The number of nitrogens with zero attached hydrogens (tertiary/aromatic N) is 2. The van der Waals surface area contributed by atoms with E-state index in [4.69, 9.17) is 4.74 Å². The summed E-state index contributed by atoms with van der Waals surface area (Å²) in [5.74, 6) is 2.03. The quantitative estimate of drug-likeness (QED) is 0.439. The highest BCUT2D eigenvalue weighted by Crippen LogP contribution is 2.47. The van der Waals surface area contributed by atoms with Crippen LogP contribution in [0.3, 0.4) is 0 Å². The second-order valence-electron chi connectivity index (χ2n) is 7.06. The van der Waals surface area contributed by atoms with Gasteiger partial charge < -0.3 is 15.0 Å². The monoisotopic (exact) mass is 443 g/mol. The van der Waals surface area contributed by atoms with E-state index in [2.05, 4.69) is 40.3 Å². The molecule has 0 bridgehead atoms. The van der Waals surface area contributed by atoms with Gasteiger partial charge >= 0.3 is 0 Å². The molecule has 3 rings (SSSR count). The molecule has 4 nitrogen and oxygen atoms in total. The first-order chi connectivity index (χ1) is 11.2. The van der Waals surface area contributed by atoms with E-state index in [-0.39, 0.29) is 24.0 Å². The van der Waals surface area contributed by atoms with E-state index < -0.39 is 0 Å². The van der Waals surface area contributed by atoms with Gasteiger partial charge in [0.1, 0.15) is 5.75 Å². The van der Waals surface area contributed by atoms with Crippen molar-refractivity contribution in [3.63, 3.8) is 0 Å². The first-order valence-corrected chi connectivity index (χ1v) is 8.75. The van der Waals surface area contributed by atoms with Crippen LogP contribution < -0.4 is 10.1 Å². The number of halogens is 1. The average molecular weight is 443 g/mol. The topological polar surface area (TPSA) is 36.9 Å². The molecule has 0 radical (unpaired) electrons. The third-order valence-electron chi connectivity index (χ3n) is 5.48. The molecule has 2 aliphatic rings. The summed E-state index contributed by atoms with van der Waals surface area (Å²) in [7, 11) is 3.63. The SMILES string of the molecule is CN=C(NCCc1cc(C)ccc1OC)N1CCC2(CCC2)C1.I. The molecule has 1 aliphatic carbocycles. The van der Waals surface area contributed by atoms with Crippen LogP contribution in [0.2, 0.25) is 0 Å². The predicted octanol–water partition coefficient (Wildman–Crippen LogP) is 3.62. The number of hydrogen-bond donors (Lipinski definition) is 1. The van der Waals surface area contributed by atoms with Crippen LogP contribution in [-0.4, -0.2) is 44.7 Å². The molecule has 0 amide bonds. The smallest absolute Gasteiger partial charge is 0.193 e. The number of benzene rings is 1. The molecule has 0 aromatic heterocycles. The van der Waals surface area contributed by atoms with Gasteiger partial charge in [-0.2, -0.15) is 0 Å². The van der Waals surface area contributed by atoms with Gasteiger partial charge in [0, 0.05) is 26.7 Å². The molecule has 1 saturated carbocycles. The van der Waals surface area contributed by atoms with E-state index in [1.165, 1.54) is 43.4 Å².